The van der Waals surface area contributed by atoms with Gasteiger partial charge >= 0.3 is 5.97 Å². The quantitative estimate of drug-likeness (QED) is 0.434. The second kappa shape index (κ2) is 9.41. The first-order valence-electron chi connectivity index (χ1n) is 9.30. The fourth-order valence-electron chi connectivity index (χ4n) is 3.38. The van der Waals surface area contributed by atoms with E-state index >= 15 is 0 Å². The van der Waals surface area contributed by atoms with Crippen molar-refractivity contribution in [2.24, 2.45) is 11.0 Å². The van der Waals surface area contributed by atoms with Crippen molar-refractivity contribution in [3.63, 3.8) is 0 Å². The predicted octanol–water partition coefficient (Wildman–Crippen LogP) is 3.35. The van der Waals surface area contributed by atoms with Crippen molar-refractivity contribution in [2.75, 3.05) is 26.2 Å². The van der Waals surface area contributed by atoms with Gasteiger partial charge in [-0.05, 0) is 42.6 Å². The Bertz CT molecular complexity index is 857. The van der Waals surface area contributed by atoms with Gasteiger partial charge in [0.25, 0.3) is 0 Å². The standard InChI is InChI=1S/C21H23F2N3O2/c22-19-8-7-15(12-20(19)23)18-6-2-1-4-16(18)13-25-24-9-11-26-10-3-5-17(14-26)21(27)28/h1-2,4,6-8,12-13,17,24H,3,5,9-11,14H2,(H,27,28)/b25-13+. The molecule has 1 saturated heterocycles. The van der Waals surface area contributed by atoms with E-state index in [9.17, 15) is 13.6 Å². The molecule has 0 radical (unpaired) electrons. The molecular formula is C21H23F2N3O2. The SMILES string of the molecule is O=C(O)C1CCCN(CCN/N=C/c2ccccc2-c2ccc(F)c(F)c2)C1. The van der Waals surface area contributed by atoms with Gasteiger partial charge < -0.3 is 15.4 Å². The lowest BCUT2D eigenvalue weighted by atomic mass is 9.98. The number of hydrogen-bond donors (Lipinski definition) is 2. The Morgan fingerprint density at radius 3 is 2.86 bits per heavy atom. The summed E-state index contributed by atoms with van der Waals surface area (Å²) in [6.45, 7) is 2.77. The lowest BCUT2D eigenvalue weighted by Gasteiger charge is -2.30. The summed E-state index contributed by atoms with van der Waals surface area (Å²) in [5.74, 6) is -2.78. The van der Waals surface area contributed by atoms with Crippen LogP contribution in [0.3, 0.4) is 0 Å². The molecule has 0 aromatic heterocycles. The molecule has 28 heavy (non-hydrogen) atoms. The van der Waals surface area contributed by atoms with E-state index in [4.69, 9.17) is 5.11 Å². The third-order valence-corrected chi connectivity index (χ3v) is 4.88. The maximum atomic E-state index is 13.5. The molecule has 1 atom stereocenters. The van der Waals surface area contributed by atoms with Crippen LogP contribution in [0.25, 0.3) is 11.1 Å². The van der Waals surface area contributed by atoms with Crippen LogP contribution >= 0.6 is 0 Å². The van der Waals surface area contributed by atoms with Gasteiger partial charge in [0.1, 0.15) is 0 Å². The smallest absolute Gasteiger partial charge is 0.307 e. The van der Waals surface area contributed by atoms with Crippen LogP contribution in [-0.2, 0) is 4.79 Å². The summed E-state index contributed by atoms with van der Waals surface area (Å²) in [5, 5.41) is 13.4. The molecule has 148 valence electrons. The van der Waals surface area contributed by atoms with Gasteiger partial charge in [-0.3, -0.25) is 4.79 Å². The number of carboxylic acids is 1. The Balaban J connectivity index is 1.56. The van der Waals surface area contributed by atoms with Crippen LogP contribution in [0.4, 0.5) is 8.78 Å². The number of aliphatic carboxylic acids is 1. The highest BCUT2D eigenvalue weighted by Crippen LogP contribution is 2.24. The maximum absolute atomic E-state index is 13.5. The minimum atomic E-state index is -0.886. The van der Waals surface area contributed by atoms with Crippen molar-refractivity contribution in [3.8, 4) is 11.1 Å². The van der Waals surface area contributed by atoms with Gasteiger partial charge in [0.05, 0.1) is 12.1 Å². The first-order valence-corrected chi connectivity index (χ1v) is 9.30. The van der Waals surface area contributed by atoms with Gasteiger partial charge in [0, 0.05) is 25.2 Å². The van der Waals surface area contributed by atoms with Crippen molar-refractivity contribution in [3.05, 3.63) is 59.7 Å². The number of rotatable bonds is 7. The molecule has 2 aromatic rings. The number of benzene rings is 2. The number of hydrogen-bond acceptors (Lipinski definition) is 4. The van der Waals surface area contributed by atoms with E-state index in [0.29, 0.717) is 25.2 Å². The van der Waals surface area contributed by atoms with Gasteiger partial charge in [-0.15, -0.1) is 0 Å². The summed E-state index contributed by atoms with van der Waals surface area (Å²) in [7, 11) is 0. The fraction of sp³-hybridized carbons (Fsp3) is 0.333. The highest BCUT2D eigenvalue weighted by molar-refractivity contribution is 5.90. The summed E-state index contributed by atoms with van der Waals surface area (Å²) >= 11 is 0. The van der Waals surface area contributed by atoms with Crippen LogP contribution in [0.15, 0.2) is 47.6 Å². The lowest BCUT2D eigenvalue weighted by Crippen LogP contribution is -2.41. The molecule has 1 unspecified atom stereocenters. The van der Waals surface area contributed by atoms with Crippen molar-refractivity contribution in [1.82, 2.24) is 10.3 Å². The summed E-state index contributed by atoms with van der Waals surface area (Å²) in [6.07, 6.45) is 3.27. The fourth-order valence-corrected chi connectivity index (χ4v) is 3.38. The highest BCUT2D eigenvalue weighted by atomic mass is 19.2. The van der Waals surface area contributed by atoms with Crippen LogP contribution in [-0.4, -0.2) is 48.4 Å². The maximum Gasteiger partial charge on any atom is 0.307 e. The molecule has 1 aliphatic heterocycles. The van der Waals surface area contributed by atoms with Crippen molar-refractivity contribution in [1.29, 1.82) is 0 Å². The normalized spacial score (nSPS) is 17.7. The summed E-state index contributed by atoms with van der Waals surface area (Å²) in [5.41, 5.74) is 5.09. The zero-order valence-corrected chi connectivity index (χ0v) is 15.4. The largest absolute Gasteiger partial charge is 0.481 e. The average Bonchev–Trinajstić information content (AvgIpc) is 2.70. The predicted molar refractivity (Wildman–Crippen MR) is 104 cm³/mol. The first-order chi connectivity index (χ1) is 13.5. The van der Waals surface area contributed by atoms with Gasteiger partial charge in [-0.25, -0.2) is 8.78 Å². The second-order valence-corrected chi connectivity index (χ2v) is 6.86. The zero-order valence-electron chi connectivity index (χ0n) is 15.4. The van der Waals surface area contributed by atoms with Crippen LogP contribution in [0.1, 0.15) is 18.4 Å². The number of carbonyl (C=O) groups is 1. The summed E-state index contributed by atoms with van der Waals surface area (Å²) in [6, 6.07) is 11.2. The second-order valence-electron chi connectivity index (χ2n) is 6.86. The molecule has 0 bridgehead atoms. The molecule has 2 N–H and O–H groups in total. The van der Waals surface area contributed by atoms with E-state index in [1.165, 1.54) is 12.1 Å². The molecule has 2 aromatic carbocycles. The van der Waals surface area contributed by atoms with E-state index in [1.54, 1.807) is 6.21 Å². The number of carboxylic acid groups (broad SMARTS) is 1. The van der Waals surface area contributed by atoms with Crippen LogP contribution in [0, 0.1) is 17.6 Å². The summed E-state index contributed by atoms with van der Waals surface area (Å²) in [4.78, 5) is 13.2. The Kier molecular flexibility index (Phi) is 6.71. The minimum Gasteiger partial charge on any atom is -0.481 e. The number of hydrazone groups is 1. The summed E-state index contributed by atoms with van der Waals surface area (Å²) < 4.78 is 26.7. The van der Waals surface area contributed by atoms with E-state index in [1.807, 2.05) is 24.3 Å². The van der Waals surface area contributed by atoms with E-state index in [-0.39, 0.29) is 5.92 Å². The number of nitrogens with zero attached hydrogens (tertiary/aromatic N) is 2. The molecule has 0 aliphatic carbocycles. The molecule has 0 spiro atoms. The average molecular weight is 387 g/mol. The number of halogens is 2. The molecule has 0 amide bonds. The van der Waals surface area contributed by atoms with Gasteiger partial charge in [-0.1, -0.05) is 30.3 Å². The van der Waals surface area contributed by atoms with Crippen LogP contribution in [0.2, 0.25) is 0 Å². The van der Waals surface area contributed by atoms with E-state index < -0.39 is 17.6 Å². The van der Waals surface area contributed by atoms with Gasteiger partial charge in [0.15, 0.2) is 11.6 Å². The Labute approximate surface area is 162 Å². The lowest BCUT2D eigenvalue weighted by molar-refractivity contribution is -0.143. The minimum absolute atomic E-state index is 0.291. The van der Waals surface area contributed by atoms with Crippen molar-refractivity contribution < 1.29 is 18.7 Å². The number of nitrogens with one attached hydrogen (secondary N) is 1. The van der Waals surface area contributed by atoms with Crippen molar-refractivity contribution in [2.45, 2.75) is 12.8 Å². The molecule has 1 fully saturated rings. The van der Waals surface area contributed by atoms with Crippen LogP contribution in [0.5, 0.6) is 0 Å². The van der Waals surface area contributed by atoms with E-state index in [0.717, 1.165) is 36.6 Å². The Morgan fingerprint density at radius 2 is 2.07 bits per heavy atom. The van der Waals surface area contributed by atoms with Crippen LogP contribution < -0.4 is 5.43 Å². The van der Waals surface area contributed by atoms with Gasteiger partial charge in [-0.2, -0.15) is 5.10 Å². The molecule has 1 heterocycles. The Hall–Kier alpha value is -2.80. The third-order valence-electron chi connectivity index (χ3n) is 4.88. The molecule has 7 heteroatoms. The molecular weight excluding hydrogens is 364 g/mol. The number of likely N-dealkylation sites (tertiary alicyclic amines) is 1. The molecule has 0 saturated carbocycles. The van der Waals surface area contributed by atoms with E-state index in [2.05, 4.69) is 15.4 Å². The number of piperidine rings is 1. The van der Waals surface area contributed by atoms with Crippen molar-refractivity contribution >= 4 is 12.2 Å². The molecule has 5 nitrogen and oxygen atoms in total. The first kappa shape index (κ1) is 19.9. The molecule has 3 rings (SSSR count). The Morgan fingerprint density at radius 1 is 1.25 bits per heavy atom. The highest BCUT2D eigenvalue weighted by Gasteiger charge is 2.24. The zero-order chi connectivity index (χ0) is 19.9. The van der Waals surface area contributed by atoms with Gasteiger partial charge in [0.2, 0.25) is 0 Å². The monoisotopic (exact) mass is 387 g/mol. The third kappa shape index (κ3) is 5.13. The molecule has 1 aliphatic rings. The topological polar surface area (TPSA) is 64.9 Å².